The molecule has 0 saturated carbocycles. The number of nitrogens with zero attached hydrogens (tertiary/aromatic N) is 2. The summed E-state index contributed by atoms with van der Waals surface area (Å²) >= 11 is 0. The van der Waals surface area contributed by atoms with Gasteiger partial charge in [0.15, 0.2) is 0 Å². The summed E-state index contributed by atoms with van der Waals surface area (Å²) in [5, 5.41) is 11.6. The van der Waals surface area contributed by atoms with Gasteiger partial charge in [-0.1, -0.05) is 13.8 Å². The molecule has 0 aliphatic heterocycles. The van der Waals surface area contributed by atoms with Crippen LogP contribution < -0.4 is 5.32 Å². The molecule has 0 bridgehead atoms. The lowest BCUT2D eigenvalue weighted by molar-refractivity contribution is 0.577. The molecule has 3 nitrogen and oxygen atoms in total. The molecule has 0 saturated heterocycles. The predicted molar refractivity (Wildman–Crippen MR) is 79.7 cm³/mol. The Morgan fingerprint density at radius 3 is 2.63 bits per heavy atom. The summed E-state index contributed by atoms with van der Waals surface area (Å²) in [7, 11) is 0. The van der Waals surface area contributed by atoms with Gasteiger partial charge in [0, 0.05) is 18.4 Å². The van der Waals surface area contributed by atoms with E-state index in [9.17, 15) is 0 Å². The Hall–Kier alpha value is -1.88. The van der Waals surface area contributed by atoms with E-state index in [1.807, 2.05) is 38.1 Å². The minimum atomic E-state index is 0.612. The normalized spacial score (nSPS) is 8.84. The number of nitriles is 1. The summed E-state index contributed by atoms with van der Waals surface area (Å²) < 4.78 is 0. The molecule has 0 aliphatic carbocycles. The van der Waals surface area contributed by atoms with Crippen molar-refractivity contribution in [1.29, 1.82) is 5.26 Å². The van der Waals surface area contributed by atoms with E-state index < -0.39 is 0 Å². The largest absolute Gasteiger partial charge is 0.312 e. The number of hydrogen-bond acceptors (Lipinski definition) is 3. The van der Waals surface area contributed by atoms with Crippen molar-refractivity contribution in [2.75, 3.05) is 13.1 Å². The molecule has 0 aromatic carbocycles. The summed E-state index contributed by atoms with van der Waals surface area (Å²) in [6, 6.07) is 5.56. The van der Waals surface area contributed by atoms with Gasteiger partial charge in [-0.2, -0.15) is 5.26 Å². The molecule has 0 radical (unpaired) electrons. The Bertz CT molecular complexity index is 432. The summed E-state index contributed by atoms with van der Waals surface area (Å²) in [6.45, 7) is 10.3. The average Bonchev–Trinajstić information content (AvgIpc) is 2.40. The van der Waals surface area contributed by atoms with Crippen molar-refractivity contribution in [2.45, 2.75) is 27.7 Å². The fourth-order valence-corrected chi connectivity index (χ4v) is 1.15. The van der Waals surface area contributed by atoms with E-state index in [1.165, 1.54) is 0 Å². The monoisotopic (exact) mass is 257 g/mol. The van der Waals surface area contributed by atoms with Gasteiger partial charge >= 0.3 is 0 Å². The molecular weight excluding hydrogens is 234 g/mol. The second-order valence-corrected chi connectivity index (χ2v) is 4.51. The van der Waals surface area contributed by atoms with Crippen molar-refractivity contribution in [3.05, 3.63) is 47.5 Å². The molecule has 1 N–H and O–H groups in total. The molecule has 1 aromatic rings. The molecule has 0 spiro atoms. The zero-order valence-corrected chi connectivity index (χ0v) is 12.3. The number of pyridine rings is 1. The van der Waals surface area contributed by atoms with E-state index >= 15 is 0 Å². The zero-order chi connectivity index (χ0) is 14.5. The van der Waals surface area contributed by atoms with Gasteiger partial charge in [0.2, 0.25) is 0 Å². The summed E-state index contributed by atoms with van der Waals surface area (Å²) in [5.41, 5.74) is 4.56. The van der Waals surface area contributed by atoms with Crippen LogP contribution in [-0.2, 0) is 0 Å². The topological polar surface area (TPSA) is 48.7 Å². The highest BCUT2D eigenvalue weighted by atomic mass is 14.8. The second-order valence-electron chi connectivity index (χ2n) is 4.51. The first-order valence-electron chi connectivity index (χ1n) is 6.49. The molecule has 1 heterocycles. The van der Waals surface area contributed by atoms with Gasteiger partial charge in [0.25, 0.3) is 0 Å². The summed E-state index contributed by atoms with van der Waals surface area (Å²) in [5.74, 6) is 0.735. The SMILES string of the molecule is CC=C=CCNCC(C)C.Cc1ccc(C#N)cn1. The van der Waals surface area contributed by atoms with Crippen LogP contribution in [0.5, 0.6) is 0 Å². The lowest BCUT2D eigenvalue weighted by atomic mass is 10.2. The third-order valence-electron chi connectivity index (χ3n) is 2.12. The standard InChI is InChI=1S/C9H17N.C7H6N2/c1-4-5-6-7-10-8-9(2)3;1-6-2-3-7(4-8)5-9-6/h4,6,9-10H,7-8H2,1-3H3;2-3,5H,1H3. The van der Waals surface area contributed by atoms with Gasteiger partial charge in [-0.3, -0.25) is 4.98 Å². The van der Waals surface area contributed by atoms with E-state index in [0.717, 1.165) is 24.7 Å². The molecule has 1 aromatic heterocycles. The smallest absolute Gasteiger partial charge is 0.101 e. The fraction of sp³-hybridized carbons (Fsp3) is 0.438. The predicted octanol–water partition coefficient (Wildman–Crippen LogP) is 3.22. The molecule has 0 amide bonds. The molecule has 0 aliphatic rings. The Morgan fingerprint density at radius 2 is 2.16 bits per heavy atom. The lowest BCUT2D eigenvalue weighted by Crippen LogP contribution is -2.19. The van der Waals surface area contributed by atoms with E-state index in [-0.39, 0.29) is 0 Å². The van der Waals surface area contributed by atoms with Crippen LogP contribution in [0, 0.1) is 24.2 Å². The van der Waals surface area contributed by atoms with Crippen LogP contribution in [0.3, 0.4) is 0 Å². The molecular formula is C16H23N3. The summed E-state index contributed by atoms with van der Waals surface area (Å²) in [4.78, 5) is 3.93. The van der Waals surface area contributed by atoms with E-state index in [1.54, 1.807) is 12.3 Å². The van der Waals surface area contributed by atoms with Crippen molar-refractivity contribution >= 4 is 0 Å². The van der Waals surface area contributed by atoms with Crippen LogP contribution in [-0.4, -0.2) is 18.1 Å². The molecule has 0 unspecified atom stereocenters. The Morgan fingerprint density at radius 1 is 1.42 bits per heavy atom. The molecule has 19 heavy (non-hydrogen) atoms. The highest BCUT2D eigenvalue weighted by Crippen LogP contribution is 1.95. The number of nitrogens with one attached hydrogen (secondary N) is 1. The van der Waals surface area contributed by atoms with Gasteiger partial charge < -0.3 is 5.32 Å². The zero-order valence-electron chi connectivity index (χ0n) is 12.3. The van der Waals surface area contributed by atoms with Crippen molar-refractivity contribution < 1.29 is 0 Å². The van der Waals surface area contributed by atoms with Crippen LogP contribution >= 0.6 is 0 Å². The van der Waals surface area contributed by atoms with Crippen LogP contribution in [0.2, 0.25) is 0 Å². The first-order chi connectivity index (χ1) is 9.10. The molecule has 0 fully saturated rings. The first-order valence-corrected chi connectivity index (χ1v) is 6.49. The third-order valence-corrected chi connectivity index (χ3v) is 2.12. The van der Waals surface area contributed by atoms with Crippen molar-refractivity contribution in [3.63, 3.8) is 0 Å². The quantitative estimate of drug-likeness (QED) is 0.665. The van der Waals surface area contributed by atoms with Crippen molar-refractivity contribution in [3.8, 4) is 6.07 Å². The highest BCUT2D eigenvalue weighted by molar-refractivity contribution is 5.25. The van der Waals surface area contributed by atoms with Gasteiger partial charge in [-0.15, -0.1) is 5.73 Å². The maximum absolute atomic E-state index is 8.34. The fourth-order valence-electron chi connectivity index (χ4n) is 1.15. The Labute approximate surface area is 116 Å². The van der Waals surface area contributed by atoms with Gasteiger partial charge in [0.1, 0.15) is 6.07 Å². The maximum Gasteiger partial charge on any atom is 0.101 e. The van der Waals surface area contributed by atoms with Gasteiger partial charge in [0.05, 0.1) is 5.56 Å². The molecule has 0 atom stereocenters. The third kappa shape index (κ3) is 11.0. The summed E-state index contributed by atoms with van der Waals surface area (Å²) in [6.07, 6.45) is 5.48. The number of rotatable bonds is 4. The number of aryl methyl sites for hydroxylation is 1. The number of hydrogen-bond donors (Lipinski definition) is 1. The van der Waals surface area contributed by atoms with Crippen molar-refractivity contribution in [2.24, 2.45) is 5.92 Å². The van der Waals surface area contributed by atoms with Crippen molar-refractivity contribution in [1.82, 2.24) is 10.3 Å². The lowest BCUT2D eigenvalue weighted by Gasteiger charge is -2.02. The molecule has 3 heteroatoms. The van der Waals surface area contributed by atoms with Gasteiger partial charge in [-0.05, 0) is 50.6 Å². The van der Waals surface area contributed by atoms with E-state index in [2.05, 4.69) is 29.9 Å². The average molecular weight is 257 g/mol. The molecule has 1 rings (SSSR count). The maximum atomic E-state index is 8.34. The van der Waals surface area contributed by atoms with Crippen LogP contribution in [0.25, 0.3) is 0 Å². The molecule has 102 valence electrons. The highest BCUT2D eigenvalue weighted by Gasteiger charge is 1.88. The van der Waals surface area contributed by atoms with Crippen LogP contribution in [0.1, 0.15) is 32.0 Å². The Kier molecular flexibility index (Phi) is 10.1. The van der Waals surface area contributed by atoms with E-state index in [0.29, 0.717) is 5.56 Å². The number of aromatic nitrogens is 1. The second kappa shape index (κ2) is 11.2. The van der Waals surface area contributed by atoms with Gasteiger partial charge in [-0.25, -0.2) is 0 Å². The van der Waals surface area contributed by atoms with Crippen LogP contribution in [0.4, 0.5) is 0 Å². The first kappa shape index (κ1) is 17.1. The minimum Gasteiger partial charge on any atom is -0.312 e. The Balaban J connectivity index is 0.000000342. The van der Waals surface area contributed by atoms with Crippen LogP contribution in [0.15, 0.2) is 36.2 Å². The van der Waals surface area contributed by atoms with E-state index in [4.69, 9.17) is 5.26 Å². The minimum absolute atomic E-state index is 0.612.